The molecule has 96 valence electrons. The van der Waals surface area contributed by atoms with Crippen molar-refractivity contribution in [2.75, 3.05) is 0 Å². The van der Waals surface area contributed by atoms with Gasteiger partial charge in [0.1, 0.15) is 11.6 Å². The fourth-order valence-electron chi connectivity index (χ4n) is 2.10. The Morgan fingerprint density at radius 2 is 1.79 bits per heavy atom. The van der Waals surface area contributed by atoms with Gasteiger partial charge in [-0.05, 0) is 55.3 Å². The van der Waals surface area contributed by atoms with Gasteiger partial charge in [-0.2, -0.15) is 0 Å². The molecule has 2 aromatic carbocycles. The zero-order valence-electron chi connectivity index (χ0n) is 10.6. The molecule has 19 heavy (non-hydrogen) atoms. The van der Waals surface area contributed by atoms with Crippen molar-refractivity contribution in [3.63, 3.8) is 0 Å². The third-order valence-electron chi connectivity index (χ3n) is 3.23. The van der Waals surface area contributed by atoms with Crippen LogP contribution in [0.5, 0.6) is 0 Å². The van der Waals surface area contributed by atoms with Crippen molar-refractivity contribution >= 4 is 27.0 Å². The lowest BCUT2D eigenvalue weighted by atomic mass is 10.1. The van der Waals surface area contributed by atoms with Crippen LogP contribution in [0.4, 0.5) is 4.39 Å². The van der Waals surface area contributed by atoms with E-state index < -0.39 is 0 Å². The number of aromatic amines is 1. The van der Waals surface area contributed by atoms with E-state index in [0.29, 0.717) is 10.3 Å². The molecule has 0 atom stereocenters. The molecule has 0 spiro atoms. The first-order chi connectivity index (χ1) is 9.02. The average Bonchev–Trinajstić information content (AvgIpc) is 2.71. The summed E-state index contributed by atoms with van der Waals surface area (Å²) in [6.07, 6.45) is 0. The molecule has 0 amide bonds. The summed E-state index contributed by atoms with van der Waals surface area (Å²) in [6, 6.07) is 8.86. The van der Waals surface area contributed by atoms with E-state index in [1.165, 1.54) is 23.3 Å². The van der Waals surface area contributed by atoms with Gasteiger partial charge in [0, 0.05) is 10.0 Å². The number of H-pyrrole nitrogens is 1. The number of nitrogens with zero attached hydrogens (tertiary/aromatic N) is 1. The van der Waals surface area contributed by atoms with Crippen LogP contribution in [0, 0.1) is 19.7 Å². The standard InChI is InChI=1S/C15H12BrFN2/c1-8-3-13-14(4-9(8)2)19-15(18-13)10-5-11(16)7-12(17)6-10/h3-7H,1-2H3,(H,18,19). The number of nitrogens with one attached hydrogen (secondary N) is 1. The van der Waals surface area contributed by atoms with E-state index in [1.807, 2.05) is 12.1 Å². The van der Waals surface area contributed by atoms with E-state index in [9.17, 15) is 4.39 Å². The highest BCUT2D eigenvalue weighted by Gasteiger charge is 2.08. The molecule has 1 heterocycles. The number of benzene rings is 2. The van der Waals surface area contributed by atoms with Crippen molar-refractivity contribution < 1.29 is 4.39 Å². The van der Waals surface area contributed by atoms with Gasteiger partial charge in [0.2, 0.25) is 0 Å². The molecule has 0 aliphatic heterocycles. The number of rotatable bonds is 1. The molecule has 1 aromatic heterocycles. The predicted octanol–water partition coefficient (Wildman–Crippen LogP) is 4.75. The quantitative estimate of drug-likeness (QED) is 0.689. The van der Waals surface area contributed by atoms with Crippen LogP contribution in [0.2, 0.25) is 0 Å². The minimum Gasteiger partial charge on any atom is -0.338 e. The first-order valence-electron chi connectivity index (χ1n) is 5.96. The van der Waals surface area contributed by atoms with Gasteiger partial charge in [0.05, 0.1) is 11.0 Å². The zero-order valence-corrected chi connectivity index (χ0v) is 12.2. The molecule has 1 N–H and O–H groups in total. The van der Waals surface area contributed by atoms with Crippen molar-refractivity contribution in [2.45, 2.75) is 13.8 Å². The van der Waals surface area contributed by atoms with Gasteiger partial charge in [-0.25, -0.2) is 9.37 Å². The van der Waals surface area contributed by atoms with E-state index in [-0.39, 0.29) is 5.82 Å². The number of aryl methyl sites for hydroxylation is 2. The lowest BCUT2D eigenvalue weighted by Gasteiger charge is -1.98. The molecule has 0 fully saturated rings. The lowest BCUT2D eigenvalue weighted by molar-refractivity contribution is 0.627. The van der Waals surface area contributed by atoms with E-state index >= 15 is 0 Å². The number of hydrogen-bond acceptors (Lipinski definition) is 1. The van der Waals surface area contributed by atoms with E-state index in [4.69, 9.17) is 0 Å². The Balaban J connectivity index is 2.20. The van der Waals surface area contributed by atoms with Gasteiger partial charge in [0.15, 0.2) is 0 Å². The van der Waals surface area contributed by atoms with Crippen molar-refractivity contribution in [3.8, 4) is 11.4 Å². The molecule has 0 saturated carbocycles. The van der Waals surface area contributed by atoms with Crippen molar-refractivity contribution in [2.24, 2.45) is 0 Å². The molecule has 0 unspecified atom stereocenters. The molecule has 0 bridgehead atoms. The SMILES string of the molecule is Cc1cc2nc(-c3cc(F)cc(Br)c3)[nH]c2cc1C. The number of imidazole rings is 1. The van der Waals surface area contributed by atoms with Gasteiger partial charge in [-0.15, -0.1) is 0 Å². The maximum Gasteiger partial charge on any atom is 0.138 e. The summed E-state index contributed by atoms with van der Waals surface area (Å²) < 4.78 is 14.1. The van der Waals surface area contributed by atoms with Crippen LogP contribution in [0.25, 0.3) is 22.4 Å². The largest absolute Gasteiger partial charge is 0.338 e. The van der Waals surface area contributed by atoms with Crippen LogP contribution < -0.4 is 0 Å². The average molecular weight is 319 g/mol. The molecular weight excluding hydrogens is 307 g/mol. The maximum absolute atomic E-state index is 13.4. The smallest absolute Gasteiger partial charge is 0.138 e. The third-order valence-corrected chi connectivity index (χ3v) is 3.69. The minimum absolute atomic E-state index is 0.280. The summed E-state index contributed by atoms with van der Waals surface area (Å²) in [5.41, 5.74) is 5.02. The second-order valence-corrected chi connectivity index (χ2v) is 5.61. The molecule has 3 rings (SSSR count). The lowest BCUT2D eigenvalue weighted by Crippen LogP contribution is -1.83. The Morgan fingerprint density at radius 3 is 2.53 bits per heavy atom. The van der Waals surface area contributed by atoms with E-state index in [1.54, 1.807) is 0 Å². The normalized spacial score (nSPS) is 11.2. The highest BCUT2D eigenvalue weighted by atomic mass is 79.9. The molecule has 0 radical (unpaired) electrons. The fraction of sp³-hybridized carbons (Fsp3) is 0.133. The first-order valence-corrected chi connectivity index (χ1v) is 6.75. The van der Waals surface area contributed by atoms with Crippen LogP contribution in [-0.2, 0) is 0 Å². The summed E-state index contributed by atoms with van der Waals surface area (Å²) in [5, 5.41) is 0. The highest BCUT2D eigenvalue weighted by Crippen LogP contribution is 2.26. The monoisotopic (exact) mass is 318 g/mol. The van der Waals surface area contributed by atoms with E-state index in [0.717, 1.165) is 16.6 Å². The molecule has 0 aliphatic rings. The highest BCUT2D eigenvalue weighted by molar-refractivity contribution is 9.10. The summed E-state index contributed by atoms with van der Waals surface area (Å²) in [4.78, 5) is 7.76. The van der Waals surface area contributed by atoms with Crippen LogP contribution in [0.15, 0.2) is 34.8 Å². The number of aromatic nitrogens is 2. The Labute approximate surface area is 118 Å². The Bertz CT molecular complexity index is 718. The molecule has 2 nitrogen and oxygen atoms in total. The molecule has 0 aliphatic carbocycles. The third kappa shape index (κ3) is 2.28. The molecule has 4 heteroatoms. The maximum atomic E-state index is 13.4. The topological polar surface area (TPSA) is 28.7 Å². The van der Waals surface area contributed by atoms with E-state index in [2.05, 4.69) is 45.8 Å². The van der Waals surface area contributed by atoms with Gasteiger partial charge in [0.25, 0.3) is 0 Å². The van der Waals surface area contributed by atoms with Crippen LogP contribution in [0.3, 0.4) is 0 Å². The number of fused-ring (bicyclic) bond motifs is 1. The summed E-state index contributed by atoms with van der Waals surface area (Å²) in [5.74, 6) is 0.400. The second-order valence-electron chi connectivity index (χ2n) is 4.70. The van der Waals surface area contributed by atoms with Gasteiger partial charge < -0.3 is 4.98 Å². The molecule has 0 saturated heterocycles. The Morgan fingerprint density at radius 1 is 1.05 bits per heavy atom. The van der Waals surface area contributed by atoms with Gasteiger partial charge in [-0.3, -0.25) is 0 Å². The Hall–Kier alpha value is -1.68. The first kappa shape index (κ1) is 12.4. The summed E-state index contributed by atoms with van der Waals surface area (Å²) >= 11 is 3.30. The summed E-state index contributed by atoms with van der Waals surface area (Å²) in [7, 11) is 0. The molecular formula is C15H12BrFN2. The molecule has 3 aromatic rings. The predicted molar refractivity (Wildman–Crippen MR) is 78.7 cm³/mol. The number of halogens is 2. The second kappa shape index (κ2) is 4.46. The van der Waals surface area contributed by atoms with Crippen molar-refractivity contribution in [1.29, 1.82) is 0 Å². The van der Waals surface area contributed by atoms with Crippen molar-refractivity contribution in [3.05, 3.63) is 51.7 Å². The van der Waals surface area contributed by atoms with Gasteiger partial charge >= 0.3 is 0 Å². The van der Waals surface area contributed by atoms with Crippen LogP contribution in [-0.4, -0.2) is 9.97 Å². The van der Waals surface area contributed by atoms with Crippen molar-refractivity contribution in [1.82, 2.24) is 9.97 Å². The Kier molecular flexibility index (Phi) is 2.90. The fourth-order valence-corrected chi connectivity index (χ4v) is 2.56. The van der Waals surface area contributed by atoms with Crippen LogP contribution in [0.1, 0.15) is 11.1 Å². The minimum atomic E-state index is -0.280. The zero-order chi connectivity index (χ0) is 13.6. The van der Waals surface area contributed by atoms with Gasteiger partial charge in [-0.1, -0.05) is 15.9 Å². The number of hydrogen-bond donors (Lipinski definition) is 1. The van der Waals surface area contributed by atoms with Crippen LogP contribution >= 0.6 is 15.9 Å². The summed E-state index contributed by atoms with van der Waals surface area (Å²) in [6.45, 7) is 4.12.